The first kappa shape index (κ1) is 22.7. The van der Waals surface area contributed by atoms with Crippen LogP contribution in [0.5, 0.6) is 5.75 Å². The molecule has 0 aliphatic heterocycles. The summed E-state index contributed by atoms with van der Waals surface area (Å²) in [4.78, 5) is 16.7. The molecule has 0 spiro atoms. The van der Waals surface area contributed by atoms with Crippen molar-refractivity contribution < 1.29 is 19.8 Å². The average molecular weight is 438 g/mol. The topological polar surface area (TPSA) is 146 Å². The highest BCUT2D eigenvalue weighted by molar-refractivity contribution is 5.95. The summed E-state index contributed by atoms with van der Waals surface area (Å²) in [5.74, 6) is -0.246. The molecule has 0 fully saturated rings. The largest absolute Gasteiger partial charge is 0.494 e. The molecule has 3 aromatic rings. The first-order chi connectivity index (χ1) is 15.2. The van der Waals surface area contributed by atoms with Crippen molar-refractivity contribution in [3.8, 4) is 17.0 Å². The first-order valence-electron chi connectivity index (χ1n) is 10.2. The quantitative estimate of drug-likeness (QED) is 0.195. The lowest BCUT2D eigenvalue weighted by Crippen LogP contribution is -2.43. The van der Waals surface area contributed by atoms with Crippen LogP contribution in [0.25, 0.3) is 11.3 Å². The number of nitrogens with one attached hydrogen (secondary N) is 2. The van der Waals surface area contributed by atoms with Crippen LogP contribution in [0.3, 0.4) is 0 Å². The van der Waals surface area contributed by atoms with E-state index in [0.717, 1.165) is 4.73 Å². The number of nitrogens with two attached hydrogens (primary N) is 1. The van der Waals surface area contributed by atoms with E-state index in [2.05, 4.69) is 10.3 Å². The average Bonchev–Trinajstić information content (AvgIpc) is 3.10. The molecule has 0 radical (unpaired) electrons. The van der Waals surface area contributed by atoms with Crippen LogP contribution in [-0.4, -0.2) is 38.4 Å². The smallest absolute Gasteiger partial charge is 0.334 e. The zero-order valence-electron chi connectivity index (χ0n) is 18.2. The van der Waals surface area contributed by atoms with Gasteiger partial charge in [0.25, 0.3) is 0 Å². The second-order valence-electron chi connectivity index (χ2n) is 7.36. The van der Waals surface area contributed by atoms with Crippen molar-refractivity contribution in [3.05, 3.63) is 65.6 Å². The molecular formula is C23H27N5O4. The molecule has 1 heterocycles. The van der Waals surface area contributed by atoms with Gasteiger partial charge in [0.15, 0.2) is 5.54 Å². The molecule has 32 heavy (non-hydrogen) atoms. The number of aliphatic carboxylic acids is 1. The highest BCUT2D eigenvalue weighted by atomic mass is 16.5. The van der Waals surface area contributed by atoms with Crippen molar-refractivity contribution in [2.45, 2.75) is 32.7 Å². The number of benzene rings is 2. The van der Waals surface area contributed by atoms with Gasteiger partial charge in [-0.1, -0.05) is 6.92 Å². The monoisotopic (exact) mass is 437 g/mol. The van der Waals surface area contributed by atoms with E-state index in [9.17, 15) is 15.1 Å². The van der Waals surface area contributed by atoms with Crippen LogP contribution in [0.1, 0.15) is 37.2 Å². The van der Waals surface area contributed by atoms with E-state index >= 15 is 0 Å². The van der Waals surface area contributed by atoms with Crippen LogP contribution in [0.4, 0.5) is 5.69 Å². The van der Waals surface area contributed by atoms with Gasteiger partial charge < -0.3 is 26.1 Å². The molecular weight excluding hydrogens is 410 g/mol. The van der Waals surface area contributed by atoms with E-state index in [4.69, 9.17) is 15.9 Å². The van der Waals surface area contributed by atoms with Gasteiger partial charge in [0.05, 0.1) is 12.8 Å². The van der Waals surface area contributed by atoms with Crippen molar-refractivity contribution in [3.63, 3.8) is 0 Å². The number of ether oxygens (including phenoxy) is 1. The Morgan fingerprint density at radius 3 is 2.44 bits per heavy atom. The Bertz CT molecular complexity index is 1140. The maximum atomic E-state index is 12.6. The number of hydrogen-bond acceptors (Lipinski definition) is 6. The Kier molecular flexibility index (Phi) is 6.38. The summed E-state index contributed by atoms with van der Waals surface area (Å²) in [7, 11) is 0. The SMILES string of the molecule is CCOc1cc(-c2cnc(C)n2O)cc(C(CC)(Nc2ccc(C(=N)N)cc2)C(=O)O)c1. The number of nitrogen functional groups attached to an aromatic ring is 1. The lowest BCUT2D eigenvalue weighted by Gasteiger charge is -2.32. The van der Waals surface area contributed by atoms with Gasteiger partial charge in [0.2, 0.25) is 0 Å². The number of imidazole rings is 1. The molecule has 0 aliphatic rings. The molecule has 6 N–H and O–H groups in total. The van der Waals surface area contributed by atoms with Gasteiger partial charge in [-0.2, -0.15) is 4.73 Å². The lowest BCUT2D eigenvalue weighted by atomic mass is 9.85. The molecule has 1 unspecified atom stereocenters. The van der Waals surface area contributed by atoms with Gasteiger partial charge in [-0.3, -0.25) is 5.41 Å². The predicted molar refractivity (Wildman–Crippen MR) is 121 cm³/mol. The van der Waals surface area contributed by atoms with Gasteiger partial charge in [-0.25, -0.2) is 9.78 Å². The summed E-state index contributed by atoms with van der Waals surface area (Å²) in [6, 6.07) is 11.8. The number of carbonyl (C=O) groups is 1. The van der Waals surface area contributed by atoms with Crippen LogP contribution < -0.4 is 15.8 Å². The fourth-order valence-corrected chi connectivity index (χ4v) is 3.55. The van der Waals surface area contributed by atoms with Crippen LogP contribution in [0, 0.1) is 12.3 Å². The Morgan fingerprint density at radius 1 is 1.25 bits per heavy atom. The normalized spacial score (nSPS) is 12.7. The van der Waals surface area contributed by atoms with Gasteiger partial charge in [-0.15, -0.1) is 0 Å². The third kappa shape index (κ3) is 4.22. The van der Waals surface area contributed by atoms with E-state index in [0.29, 0.717) is 46.3 Å². The van der Waals surface area contributed by atoms with E-state index in [-0.39, 0.29) is 12.3 Å². The van der Waals surface area contributed by atoms with E-state index < -0.39 is 11.5 Å². The summed E-state index contributed by atoms with van der Waals surface area (Å²) in [6.07, 6.45) is 1.75. The molecule has 1 atom stereocenters. The third-order valence-corrected chi connectivity index (χ3v) is 5.36. The van der Waals surface area contributed by atoms with Gasteiger partial charge in [0, 0.05) is 16.8 Å². The molecule has 0 amide bonds. The van der Waals surface area contributed by atoms with Crippen LogP contribution in [0.2, 0.25) is 0 Å². The van der Waals surface area contributed by atoms with E-state index in [1.165, 1.54) is 6.20 Å². The number of carboxylic acid groups (broad SMARTS) is 1. The fourth-order valence-electron chi connectivity index (χ4n) is 3.55. The summed E-state index contributed by atoms with van der Waals surface area (Å²) in [5, 5.41) is 31.3. The number of hydrogen-bond donors (Lipinski definition) is 5. The van der Waals surface area contributed by atoms with Crippen molar-refractivity contribution >= 4 is 17.5 Å². The number of aryl methyl sites for hydroxylation is 1. The number of rotatable bonds is 9. The zero-order chi connectivity index (χ0) is 23.5. The number of aromatic nitrogens is 2. The molecule has 9 nitrogen and oxygen atoms in total. The second kappa shape index (κ2) is 9.01. The second-order valence-corrected chi connectivity index (χ2v) is 7.36. The molecule has 0 bridgehead atoms. The predicted octanol–water partition coefficient (Wildman–Crippen LogP) is 3.58. The van der Waals surface area contributed by atoms with Gasteiger partial charge >= 0.3 is 5.97 Å². The minimum atomic E-state index is -1.48. The molecule has 0 aliphatic carbocycles. The highest BCUT2D eigenvalue weighted by Crippen LogP contribution is 2.36. The standard InChI is InChI=1S/C23H27N5O4/c1-4-23(22(29)30,27-18-8-6-15(7-9-18)21(24)25)17-10-16(11-19(12-17)32-5-2)20-13-26-14(3)28(20)31/h6-13,27,31H,4-5H2,1-3H3,(H3,24,25)(H,29,30). The Balaban J connectivity index is 2.14. The lowest BCUT2D eigenvalue weighted by molar-refractivity contribution is -0.142. The molecule has 9 heteroatoms. The van der Waals surface area contributed by atoms with Crippen LogP contribution >= 0.6 is 0 Å². The van der Waals surface area contributed by atoms with Crippen LogP contribution in [0.15, 0.2) is 48.7 Å². The number of anilines is 1. The zero-order valence-corrected chi connectivity index (χ0v) is 18.2. The number of nitrogens with zero attached hydrogens (tertiary/aromatic N) is 2. The minimum absolute atomic E-state index is 0.0681. The molecule has 0 saturated carbocycles. The Morgan fingerprint density at radius 2 is 1.94 bits per heavy atom. The maximum absolute atomic E-state index is 12.6. The maximum Gasteiger partial charge on any atom is 0.334 e. The number of carboxylic acids is 1. The Hall–Kier alpha value is -4.01. The number of amidine groups is 1. The van der Waals surface area contributed by atoms with Gasteiger partial charge in [0.1, 0.15) is 23.1 Å². The summed E-state index contributed by atoms with van der Waals surface area (Å²) >= 11 is 0. The van der Waals surface area contributed by atoms with Crippen molar-refractivity contribution in [2.75, 3.05) is 11.9 Å². The molecule has 1 aromatic heterocycles. The third-order valence-electron chi connectivity index (χ3n) is 5.36. The molecule has 168 valence electrons. The Labute approximate surface area is 185 Å². The minimum Gasteiger partial charge on any atom is -0.494 e. The summed E-state index contributed by atoms with van der Waals surface area (Å²) in [6.45, 7) is 5.67. The van der Waals surface area contributed by atoms with E-state index in [1.54, 1.807) is 56.3 Å². The van der Waals surface area contributed by atoms with Crippen molar-refractivity contribution in [2.24, 2.45) is 5.73 Å². The van der Waals surface area contributed by atoms with Crippen molar-refractivity contribution in [1.82, 2.24) is 9.71 Å². The fraction of sp³-hybridized carbons (Fsp3) is 0.261. The van der Waals surface area contributed by atoms with Crippen LogP contribution in [-0.2, 0) is 10.3 Å². The van der Waals surface area contributed by atoms with Crippen molar-refractivity contribution in [1.29, 1.82) is 5.41 Å². The highest BCUT2D eigenvalue weighted by Gasteiger charge is 2.39. The molecule has 0 saturated heterocycles. The summed E-state index contributed by atoms with van der Waals surface area (Å²) < 4.78 is 6.65. The van der Waals surface area contributed by atoms with Gasteiger partial charge in [-0.05, 0) is 68.3 Å². The molecule has 3 rings (SSSR count). The summed E-state index contributed by atoms with van der Waals surface area (Å²) in [5.41, 5.74) is 6.60. The molecule has 2 aromatic carbocycles. The van der Waals surface area contributed by atoms with E-state index in [1.807, 2.05) is 6.92 Å². The first-order valence-corrected chi connectivity index (χ1v) is 10.2.